The van der Waals surface area contributed by atoms with Crippen molar-refractivity contribution in [1.29, 1.82) is 0 Å². The summed E-state index contributed by atoms with van der Waals surface area (Å²) in [7, 11) is 1.71. The van der Waals surface area contributed by atoms with Gasteiger partial charge in [0.15, 0.2) is 0 Å². The number of rotatable bonds is 5. The molecule has 158 valence electrons. The van der Waals surface area contributed by atoms with E-state index in [1.54, 1.807) is 18.4 Å². The van der Waals surface area contributed by atoms with Crippen LogP contribution in [0.5, 0.6) is 5.75 Å². The number of aromatic amines is 1. The molecule has 1 atom stereocenters. The fourth-order valence-electron chi connectivity index (χ4n) is 5.11. The van der Waals surface area contributed by atoms with Crippen molar-refractivity contribution < 1.29 is 9.53 Å². The van der Waals surface area contributed by atoms with Crippen molar-refractivity contribution in [2.24, 2.45) is 0 Å². The monoisotopic (exact) mass is 423 g/mol. The van der Waals surface area contributed by atoms with Gasteiger partial charge in [-0.3, -0.25) is 9.69 Å². The number of H-pyrrole nitrogens is 1. The molecule has 2 saturated heterocycles. The first-order valence-electron chi connectivity index (χ1n) is 10.9. The highest BCUT2D eigenvalue weighted by Crippen LogP contribution is 2.36. The number of thiophene rings is 1. The molecule has 4 heterocycles. The summed E-state index contributed by atoms with van der Waals surface area (Å²) >= 11 is 1.77. The van der Waals surface area contributed by atoms with Crippen LogP contribution in [-0.4, -0.2) is 54.0 Å². The fourth-order valence-corrected chi connectivity index (χ4v) is 5.99. The molecule has 2 aromatic heterocycles. The summed E-state index contributed by atoms with van der Waals surface area (Å²) in [4.78, 5) is 22.2. The normalized spacial score (nSPS) is 20.8. The van der Waals surface area contributed by atoms with Crippen molar-refractivity contribution >= 4 is 28.1 Å². The lowest BCUT2D eigenvalue weighted by Crippen LogP contribution is -2.42. The number of hydrogen-bond donors (Lipinski definition) is 1. The van der Waals surface area contributed by atoms with Crippen molar-refractivity contribution in [1.82, 2.24) is 14.8 Å². The van der Waals surface area contributed by atoms with E-state index in [1.165, 1.54) is 15.8 Å². The number of nitrogens with zero attached hydrogens (tertiary/aromatic N) is 2. The Morgan fingerprint density at radius 1 is 1.20 bits per heavy atom. The maximum atomic E-state index is 13.0. The first-order valence-corrected chi connectivity index (χ1v) is 11.8. The van der Waals surface area contributed by atoms with Crippen LogP contribution in [0, 0.1) is 0 Å². The lowest BCUT2D eigenvalue weighted by atomic mass is 9.89. The van der Waals surface area contributed by atoms with Gasteiger partial charge in [-0.25, -0.2) is 0 Å². The zero-order chi connectivity index (χ0) is 20.5. The molecule has 1 N–H and O–H groups in total. The number of methoxy groups -OCH3 is 1. The zero-order valence-electron chi connectivity index (χ0n) is 17.5. The van der Waals surface area contributed by atoms with Gasteiger partial charge in [0.05, 0.1) is 19.7 Å². The number of piperidine rings is 1. The van der Waals surface area contributed by atoms with E-state index >= 15 is 0 Å². The number of fused-ring (bicyclic) bond motifs is 1. The SMILES string of the molecule is COc1ccc2[nH]cc(C3CCN(CC(=O)N4CCCC4c4cccs4)CC3)c2c1. The molecule has 0 bridgehead atoms. The van der Waals surface area contributed by atoms with Gasteiger partial charge in [-0.2, -0.15) is 0 Å². The van der Waals surface area contributed by atoms with Crippen LogP contribution in [0.1, 0.15) is 48.1 Å². The number of aromatic nitrogens is 1. The van der Waals surface area contributed by atoms with Gasteiger partial charge in [-0.15, -0.1) is 11.3 Å². The Morgan fingerprint density at radius 2 is 2.07 bits per heavy atom. The molecule has 1 aromatic carbocycles. The second kappa shape index (κ2) is 8.44. The summed E-state index contributed by atoms with van der Waals surface area (Å²) in [5.74, 6) is 1.72. The first-order chi connectivity index (χ1) is 14.7. The Morgan fingerprint density at radius 3 is 2.83 bits per heavy atom. The van der Waals surface area contributed by atoms with Crippen molar-refractivity contribution in [2.75, 3.05) is 33.3 Å². The Hall–Kier alpha value is -2.31. The maximum absolute atomic E-state index is 13.0. The highest BCUT2D eigenvalue weighted by molar-refractivity contribution is 7.10. The van der Waals surface area contributed by atoms with Gasteiger partial charge in [-0.05, 0) is 79.9 Å². The van der Waals surface area contributed by atoms with Gasteiger partial charge in [0.1, 0.15) is 5.75 Å². The molecule has 0 spiro atoms. The number of amides is 1. The van der Waals surface area contributed by atoms with Crippen LogP contribution in [-0.2, 0) is 4.79 Å². The van der Waals surface area contributed by atoms with E-state index in [0.717, 1.165) is 56.6 Å². The third kappa shape index (κ3) is 3.74. The molecule has 3 aromatic rings. The zero-order valence-corrected chi connectivity index (χ0v) is 18.3. The molecule has 2 aliphatic heterocycles. The Bertz CT molecular complexity index is 1000. The second-order valence-electron chi connectivity index (χ2n) is 8.47. The Kier molecular flexibility index (Phi) is 5.52. The summed E-state index contributed by atoms with van der Waals surface area (Å²) in [6, 6.07) is 10.8. The van der Waals surface area contributed by atoms with Gasteiger partial charge >= 0.3 is 0 Å². The van der Waals surface area contributed by atoms with E-state index in [4.69, 9.17) is 4.74 Å². The topological polar surface area (TPSA) is 48.6 Å². The van der Waals surface area contributed by atoms with Crippen LogP contribution in [0.15, 0.2) is 41.9 Å². The molecule has 5 rings (SSSR count). The first kappa shape index (κ1) is 19.6. The van der Waals surface area contributed by atoms with Crippen LogP contribution in [0.4, 0.5) is 0 Å². The fraction of sp³-hybridized carbons (Fsp3) is 0.458. The smallest absolute Gasteiger partial charge is 0.237 e. The van der Waals surface area contributed by atoms with E-state index in [2.05, 4.69) is 50.6 Å². The third-order valence-electron chi connectivity index (χ3n) is 6.75. The predicted octanol–water partition coefficient (Wildman–Crippen LogP) is 4.78. The molecule has 2 aliphatic rings. The number of likely N-dealkylation sites (tertiary alicyclic amines) is 2. The highest BCUT2D eigenvalue weighted by atomic mass is 32.1. The van der Waals surface area contributed by atoms with E-state index < -0.39 is 0 Å². The second-order valence-corrected chi connectivity index (χ2v) is 9.45. The maximum Gasteiger partial charge on any atom is 0.237 e. The number of hydrogen-bond acceptors (Lipinski definition) is 4. The minimum atomic E-state index is 0.288. The molecular formula is C24H29N3O2S. The number of carbonyl (C=O) groups excluding carboxylic acids is 1. The molecule has 2 fully saturated rings. The molecule has 6 heteroatoms. The summed E-state index contributed by atoms with van der Waals surface area (Å²) in [5.41, 5.74) is 2.55. The Balaban J connectivity index is 1.21. The van der Waals surface area contributed by atoms with Crippen LogP contribution in [0.25, 0.3) is 10.9 Å². The molecule has 0 radical (unpaired) electrons. The van der Waals surface area contributed by atoms with E-state index in [-0.39, 0.29) is 6.04 Å². The van der Waals surface area contributed by atoms with E-state index in [0.29, 0.717) is 18.4 Å². The van der Waals surface area contributed by atoms with Crippen molar-refractivity contribution in [3.8, 4) is 5.75 Å². The molecule has 30 heavy (non-hydrogen) atoms. The van der Waals surface area contributed by atoms with E-state index in [1.807, 2.05) is 6.07 Å². The number of nitrogens with one attached hydrogen (secondary N) is 1. The van der Waals surface area contributed by atoms with Gasteiger partial charge in [0.25, 0.3) is 0 Å². The molecule has 1 amide bonds. The van der Waals surface area contributed by atoms with Gasteiger partial charge in [0, 0.05) is 28.5 Å². The average Bonchev–Trinajstić information content (AvgIpc) is 3.53. The summed E-state index contributed by atoms with van der Waals surface area (Å²) in [6.45, 7) is 3.40. The third-order valence-corrected chi connectivity index (χ3v) is 7.73. The minimum Gasteiger partial charge on any atom is -0.497 e. The number of ether oxygens (including phenoxy) is 1. The minimum absolute atomic E-state index is 0.288. The summed E-state index contributed by atoms with van der Waals surface area (Å²) in [5, 5.41) is 3.38. The Labute approximate surface area is 181 Å². The van der Waals surface area contributed by atoms with Gasteiger partial charge < -0.3 is 14.6 Å². The lowest BCUT2D eigenvalue weighted by Gasteiger charge is -2.33. The van der Waals surface area contributed by atoms with Crippen molar-refractivity contribution in [2.45, 2.75) is 37.6 Å². The standard InChI is InChI=1S/C24H29N3O2S/c1-29-18-6-7-21-19(14-18)20(15-25-21)17-8-11-26(12-9-17)16-24(28)27-10-2-4-22(27)23-5-3-13-30-23/h3,5-7,13-15,17,22,25H,2,4,8-12,16H2,1H3. The van der Waals surface area contributed by atoms with Crippen LogP contribution >= 0.6 is 11.3 Å². The van der Waals surface area contributed by atoms with Crippen molar-refractivity contribution in [3.05, 3.63) is 52.3 Å². The average molecular weight is 424 g/mol. The molecular weight excluding hydrogens is 394 g/mol. The quantitative estimate of drug-likeness (QED) is 0.642. The van der Waals surface area contributed by atoms with Crippen LogP contribution < -0.4 is 4.74 Å². The van der Waals surface area contributed by atoms with Crippen LogP contribution in [0.3, 0.4) is 0 Å². The molecule has 0 saturated carbocycles. The largest absolute Gasteiger partial charge is 0.497 e. The van der Waals surface area contributed by atoms with Crippen LogP contribution in [0.2, 0.25) is 0 Å². The highest BCUT2D eigenvalue weighted by Gasteiger charge is 2.32. The molecule has 0 aliphatic carbocycles. The molecule has 5 nitrogen and oxygen atoms in total. The van der Waals surface area contributed by atoms with E-state index in [9.17, 15) is 4.79 Å². The summed E-state index contributed by atoms with van der Waals surface area (Å²) in [6.07, 6.45) is 6.54. The number of carbonyl (C=O) groups is 1. The number of benzene rings is 1. The lowest BCUT2D eigenvalue weighted by molar-refractivity contribution is -0.133. The molecule has 1 unspecified atom stereocenters. The summed E-state index contributed by atoms with van der Waals surface area (Å²) < 4.78 is 5.42. The van der Waals surface area contributed by atoms with Crippen molar-refractivity contribution in [3.63, 3.8) is 0 Å². The predicted molar refractivity (Wildman–Crippen MR) is 121 cm³/mol. The van der Waals surface area contributed by atoms with Gasteiger partial charge in [0.2, 0.25) is 5.91 Å². The van der Waals surface area contributed by atoms with Gasteiger partial charge in [-0.1, -0.05) is 6.07 Å².